The van der Waals surface area contributed by atoms with Crippen LogP contribution in [0.15, 0.2) is 42.5 Å². The summed E-state index contributed by atoms with van der Waals surface area (Å²) in [6.07, 6.45) is 4.40. The molecule has 160 valence electrons. The second-order valence-electron chi connectivity index (χ2n) is 9.84. The molecule has 2 aliphatic rings. The summed E-state index contributed by atoms with van der Waals surface area (Å²) in [5.74, 6) is 0.519. The van der Waals surface area contributed by atoms with Gasteiger partial charge in [-0.3, -0.25) is 4.79 Å². The molecular weight excluding hydrogens is 402 g/mol. The van der Waals surface area contributed by atoms with Gasteiger partial charge in [-0.1, -0.05) is 50.0 Å². The molecule has 0 bridgehead atoms. The zero-order valence-electron chi connectivity index (χ0n) is 18.4. The van der Waals surface area contributed by atoms with Crippen molar-refractivity contribution in [3.05, 3.63) is 59.3 Å². The predicted molar refractivity (Wildman–Crippen MR) is 129 cm³/mol. The van der Waals surface area contributed by atoms with Crippen LogP contribution in [0.3, 0.4) is 0 Å². The Kier molecular flexibility index (Phi) is 5.06. The Bertz CT molecular complexity index is 1190. The van der Waals surface area contributed by atoms with Gasteiger partial charge in [-0.15, -0.1) is 0 Å². The van der Waals surface area contributed by atoms with Gasteiger partial charge in [0, 0.05) is 42.8 Å². The van der Waals surface area contributed by atoms with E-state index in [0.29, 0.717) is 18.2 Å². The fourth-order valence-corrected chi connectivity index (χ4v) is 4.80. The molecule has 1 amide bonds. The Hall–Kier alpha value is -2.70. The van der Waals surface area contributed by atoms with Crippen LogP contribution in [0.4, 0.5) is 5.69 Å². The van der Waals surface area contributed by atoms with Gasteiger partial charge in [-0.25, -0.2) is 4.68 Å². The van der Waals surface area contributed by atoms with Crippen molar-refractivity contribution in [1.29, 1.82) is 0 Å². The van der Waals surface area contributed by atoms with E-state index in [9.17, 15) is 4.79 Å². The first-order valence-electron chi connectivity index (χ1n) is 11.1. The van der Waals surface area contributed by atoms with Crippen molar-refractivity contribution in [2.24, 2.45) is 0 Å². The monoisotopic (exact) mass is 431 g/mol. The van der Waals surface area contributed by atoms with Gasteiger partial charge in [0.15, 0.2) is 0 Å². The standard InChI is InChI=1S/C25H29N3O2Si/c1-31(2,3)13-12-30-16-28-23-15-17(8-11-20(23)24(27-28)18-9-10-18)14-21-19-6-4-5-7-22(19)26-25(21)29/h4-8,11,14-15,18H,9-10,12-13,16H2,1-3H3,(H,26,29)/b21-14+. The third kappa shape index (κ3) is 4.23. The number of para-hydroxylation sites is 1. The number of nitrogens with zero attached hydrogens (tertiary/aromatic N) is 2. The van der Waals surface area contributed by atoms with Gasteiger partial charge < -0.3 is 10.1 Å². The lowest BCUT2D eigenvalue weighted by molar-refractivity contribution is -0.110. The number of carbonyl (C=O) groups excluding carboxylic acids is 1. The molecule has 5 rings (SSSR count). The first-order valence-corrected chi connectivity index (χ1v) is 14.8. The molecule has 3 aromatic rings. The molecule has 1 saturated carbocycles. The van der Waals surface area contributed by atoms with E-state index in [0.717, 1.165) is 35.0 Å². The smallest absolute Gasteiger partial charge is 0.256 e. The molecule has 2 aromatic carbocycles. The summed E-state index contributed by atoms with van der Waals surface area (Å²) in [6.45, 7) is 8.33. The van der Waals surface area contributed by atoms with Gasteiger partial charge in [-0.05, 0) is 42.7 Å². The number of amides is 1. The van der Waals surface area contributed by atoms with Crippen molar-refractivity contribution in [2.45, 2.75) is 51.2 Å². The molecule has 1 fully saturated rings. The Labute approximate surface area is 184 Å². The molecule has 0 spiro atoms. The van der Waals surface area contributed by atoms with Crippen molar-refractivity contribution >= 4 is 42.2 Å². The van der Waals surface area contributed by atoms with Crippen molar-refractivity contribution in [3.8, 4) is 0 Å². The lowest BCUT2D eigenvalue weighted by atomic mass is 10.0. The Balaban J connectivity index is 1.46. The quantitative estimate of drug-likeness (QED) is 0.296. The zero-order chi connectivity index (χ0) is 21.6. The minimum absolute atomic E-state index is 0.0526. The van der Waals surface area contributed by atoms with Crippen LogP contribution in [0.1, 0.15) is 35.6 Å². The summed E-state index contributed by atoms with van der Waals surface area (Å²) in [7, 11) is -1.12. The molecule has 6 heteroatoms. The molecule has 31 heavy (non-hydrogen) atoms. The van der Waals surface area contributed by atoms with E-state index in [1.807, 2.05) is 35.0 Å². The van der Waals surface area contributed by atoms with E-state index in [4.69, 9.17) is 9.84 Å². The van der Waals surface area contributed by atoms with E-state index >= 15 is 0 Å². The molecule has 1 aliphatic heterocycles. The number of benzene rings is 2. The highest BCUT2D eigenvalue weighted by molar-refractivity contribution is 6.76. The summed E-state index contributed by atoms with van der Waals surface area (Å²) < 4.78 is 8.01. The maximum atomic E-state index is 12.5. The minimum atomic E-state index is -1.12. The van der Waals surface area contributed by atoms with Gasteiger partial charge in [0.1, 0.15) is 6.73 Å². The largest absolute Gasteiger partial charge is 0.360 e. The van der Waals surface area contributed by atoms with Crippen LogP contribution in [-0.4, -0.2) is 30.4 Å². The Morgan fingerprint density at radius 3 is 2.77 bits per heavy atom. The topological polar surface area (TPSA) is 56.2 Å². The van der Waals surface area contributed by atoms with E-state index in [1.54, 1.807) is 0 Å². The van der Waals surface area contributed by atoms with Crippen molar-refractivity contribution in [3.63, 3.8) is 0 Å². The molecule has 0 saturated heterocycles. The van der Waals surface area contributed by atoms with Crippen molar-refractivity contribution in [1.82, 2.24) is 9.78 Å². The summed E-state index contributed by atoms with van der Waals surface area (Å²) >= 11 is 0. The van der Waals surface area contributed by atoms with Crippen molar-refractivity contribution < 1.29 is 9.53 Å². The summed E-state index contributed by atoms with van der Waals surface area (Å²) in [5.41, 5.74) is 5.80. The summed E-state index contributed by atoms with van der Waals surface area (Å²) in [4.78, 5) is 12.5. The number of carbonyl (C=O) groups is 1. The third-order valence-corrected chi connectivity index (χ3v) is 7.70. The predicted octanol–water partition coefficient (Wildman–Crippen LogP) is 5.72. The van der Waals surface area contributed by atoms with Gasteiger partial charge in [0.2, 0.25) is 0 Å². The van der Waals surface area contributed by atoms with E-state index in [-0.39, 0.29) is 5.91 Å². The van der Waals surface area contributed by atoms with Crippen LogP contribution in [0.25, 0.3) is 22.6 Å². The number of fused-ring (bicyclic) bond motifs is 2. The van der Waals surface area contributed by atoms with Crippen molar-refractivity contribution in [2.75, 3.05) is 11.9 Å². The number of ether oxygens (including phenoxy) is 1. The van der Waals surface area contributed by atoms with Gasteiger partial charge in [0.05, 0.1) is 11.2 Å². The molecule has 2 heterocycles. The van der Waals surface area contributed by atoms with Crippen LogP contribution < -0.4 is 5.32 Å². The number of anilines is 1. The van der Waals surface area contributed by atoms with Crippen LogP contribution >= 0.6 is 0 Å². The average Bonchev–Trinajstić information content (AvgIpc) is 3.44. The van der Waals surface area contributed by atoms with Gasteiger partial charge in [-0.2, -0.15) is 5.10 Å². The first-order chi connectivity index (χ1) is 14.9. The van der Waals surface area contributed by atoms with Gasteiger partial charge in [0.25, 0.3) is 5.91 Å². The molecule has 0 unspecified atom stereocenters. The minimum Gasteiger partial charge on any atom is -0.360 e. The summed E-state index contributed by atoms with van der Waals surface area (Å²) in [6, 6.07) is 15.3. The maximum absolute atomic E-state index is 12.5. The maximum Gasteiger partial charge on any atom is 0.256 e. The lowest BCUT2D eigenvalue weighted by Crippen LogP contribution is -2.22. The highest BCUT2D eigenvalue weighted by Crippen LogP contribution is 2.43. The fraction of sp³-hybridized carbons (Fsp3) is 0.360. The molecular formula is C25H29N3O2Si. The number of hydrogen-bond donors (Lipinski definition) is 1. The van der Waals surface area contributed by atoms with E-state index in [2.05, 4.69) is 43.2 Å². The number of rotatable bonds is 7. The number of hydrogen-bond acceptors (Lipinski definition) is 3. The third-order valence-electron chi connectivity index (χ3n) is 6.00. The Morgan fingerprint density at radius 2 is 2.00 bits per heavy atom. The van der Waals surface area contributed by atoms with E-state index < -0.39 is 8.07 Å². The zero-order valence-corrected chi connectivity index (χ0v) is 19.4. The van der Waals surface area contributed by atoms with Crippen LogP contribution in [0, 0.1) is 0 Å². The highest BCUT2D eigenvalue weighted by Gasteiger charge is 2.29. The molecule has 1 aromatic heterocycles. The molecule has 1 N–H and O–H groups in total. The molecule has 1 aliphatic carbocycles. The second-order valence-corrected chi connectivity index (χ2v) is 15.5. The summed E-state index contributed by atoms with van der Waals surface area (Å²) in [5, 5.41) is 9.06. The Morgan fingerprint density at radius 1 is 1.19 bits per heavy atom. The fourth-order valence-electron chi connectivity index (χ4n) is 4.04. The average molecular weight is 432 g/mol. The lowest BCUT2D eigenvalue weighted by Gasteiger charge is -2.15. The van der Waals surface area contributed by atoms with Crippen LogP contribution in [0.5, 0.6) is 0 Å². The molecule has 0 atom stereocenters. The normalized spacial score (nSPS) is 17.4. The van der Waals surface area contributed by atoms with Gasteiger partial charge >= 0.3 is 0 Å². The number of aromatic nitrogens is 2. The van der Waals surface area contributed by atoms with E-state index in [1.165, 1.54) is 23.9 Å². The van der Waals surface area contributed by atoms with Crippen LogP contribution in [-0.2, 0) is 16.3 Å². The second kappa shape index (κ2) is 7.77. The number of nitrogens with one attached hydrogen (secondary N) is 1. The molecule has 5 nitrogen and oxygen atoms in total. The first kappa shape index (κ1) is 20.2. The SMILES string of the molecule is C[Si](C)(C)CCOCn1nc(C2CC2)c2ccc(/C=C3/C(=O)Nc4ccccc43)cc21. The molecule has 0 radical (unpaired) electrons. The van der Waals surface area contributed by atoms with Crippen LogP contribution in [0.2, 0.25) is 25.7 Å². The highest BCUT2D eigenvalue weighted by atomic mass is 28.3.